The van der Waals surface area contributed by atoms with Crippen LogP contribution in [-0.4, -0.2) is 16.2 Å². The molecule has 0 spiro atoms. The Kier molecular flexibility index (Phi) is 6.45. The minimum atomic E-state index is -0.449. The molecule has 0 saturated carbocycles. The third kappa shape index (κ3) is 5.39. The monoisotopic (exact) mass is 447 g/mol. The highest BCUT2D eigenvalue weighted by Gasteiger charge is 2.21. The van der Waals surface area contributed by atoms with Crippen LogP contribution < -0.4 is 14.8 Å². The summed E-state index contributed by atoms with van der Waals surface area (Å²) in [6, 6.07) is 23.5. The zero-order chi connectivity index (χ0) is 21.6. The van der Waals surface area contributed by atoms with Crippen molar-refractivity contribution in [1.29, 1.82) is 0 Å². The summed E-state index contributed by atoms with van der Waals surface area (Å²) in [4.78, 5) is 24.8. The van der Waals surface area contributed by atoms with Crippen LogP contribution in [0.15, 0.2) is 83.8 Å². The van der Waals surface area contributed by atoms with Crippen molar-refractivity contribution >= 4 is 46.3 Å². The summed E-state index contributed by atoms with van der Waals surface area (Å²) < 4.78 is 11.9. The molecule has 1 heterocycles. The Labute approximate surface area is 189 Å². The molecule has 1 amide bonds. The van der Waals surface area contributed by atoms with Crippen molar-refractivity contribution in [2.45, 2.75) is 6.61 Å². The first-order chi connectivity index (χ1) is 15.1. The molecular weight excluding hydrogens is 430 g/mol. The second kappa shape index (κ2) is 9.59. The van der Waals surface area contributed by atoms with Crippen LogP contribution in [0.5, 0.6) is 11.5 Å². The molecule has 154 valence electrons. The summed E-state index contributed by atoms with van der Waals surface area (Å²) in [6.45, 7) is 0.272. The lowest BCUT2D eigenvalue weighted by Gasteiger charge is -2.12. The standard InChI is InChI=1S/C24H17NO4S2/c26-22-21(31-24(30)25-22)14-16-7-6-8-17(13-16)15-28-19-11-4-5-12-20(19)29-23(27)18-9-2-1-3-10-18/h1-14H,15H2,(H,25,26,30). The van der Waals surface area contributed by atoms with E-state index in [9.17, 15) is 9.59 Å². The highest BCUT2D eigenvalue weighted by Crippen LogP contribution is 2.29. The van der Waals surface area contributed by atoms with Crippen molar-refractivity contribution in [2.24, 2.45) is 0 Å². The number of amides is 1. The van der Waals surface area contributed by atoms with Gasteiger partial charge in [-0.25, -0.2) is 4.79 Å². The van der Waals surface area contributed by atoms with E-state index in [1.165, 1.54) is 11.8 Å². The van der Waals surface area contributed by atoms with E-state index in [4.69, 9.17) is 21.7 Å². The zero-order valence-electron chi connectivity index (χ0n) is 16.2. The Morgan fingerprint density at radius 2 is 1.71 bits per heavy atom. The summed E-state index contributed by atoms with van der Waals surface area (Å²) in [6.07, 6.45) is 1.79. The Bertz CT molecular complexity index is 1170. The first-order valence-corrected chi connectivity index (χ1v) is 10.6. The Morgan fingerprint density at radius 3 is 2.45 bits per heavy atom. The van der Waals surface area contributed by atoms with Gasteiger partial charge in [0, 0.05) is 0 Å². The van der Waals surface area contributed by atoms with Crippen molar-refractivity contribution in [2.75, 3.05) is 0 Å². The van der Waals surface area contributed by atoms with Crippen molar-refractivity contribution in [3.8, 4) is 11.5 Å². The van der Waals surface area contributed by atoms with Crippen molar-refractivity contribution in [3.05, 3.63) is 100 Å². The van der Waals surface area contributed by atoms with Gasteiger partial charge in [-0.2, -0.15) is 0 Å². The van der Waals surface area contributed by atoms with Gasteiger partial charge in [-0.3, -0.25) is 4.79 Å². The fourth-order valence-electron chi connectivity index (χ4n) is 2.89. The van der Waals surface area contributed by atoms with Crippen LogP contribution in [0.1, 0.15) is 21.5 Å². The Balaban J connectivity index is 1.45. The van der Waals surface area contributed by atoms with E-state index >= 15 is 0 Å². The number of carbonyl (C=O) groups is 2. The minimum Gasteiger partial charge on any atom is -0.485 e. The van der Waals surface area contributed by atoms with E-state index in [2.05, 4.69) is 5.32 Å². The van der Waals surface area contributed by atoms with Gasteiger partial charge in [-0.15, -0.1) is 0 Å². The van der Waals surface area contributed by atoms with Crippen LogP contribution in [0.2, 0.25) is 0 Å². The molecule has 7 heteroatoms. The van der Waals surface area contributed by atoms with E-state index in [0.717, 1.165) is 11.1 Å². The highest BCUT2D eigenvalue weighted by atomic mass is 32.2. The minimum absolute atomic E-state index is 0.189. The maximum absolute atomic E-state index is 12.4. The smallest absolute Gasteiger partial charge is 0.343 e. The molecule has 5 nitrogen and oxygen atoms in total. The van der Waals surface area contributed by atoms with E-state index in [1.54, 1.807) is 48.5 Å². The number of esters is 1. The Hall–Kier alpha value is -3.42. The van der Waals surface area contributed by atoms with Gasteiger partial charge in [0.25, 0.3) is 5.91 Å². The number of thioether (sulfide) groups is 1. The second-order valence-electron chi connectivity index (χ2n) is 6.59. The molecular formula is C24H17NO4S2. The number of rotatable bonds is 6. The molecule has 1 N–H and O–H groups in total. The van der Waals surface area contributed by atoms with Gasteiger partial charge in [0.05, 0.1) is 10.5 Å². The van der Waals surface area contributed by atoms with E-state index < -0.39 is 5.97 Å². The summed E-state index contributed by atoms with van der Waals surface area (Å²) in [5.74, 6) is 0.176. The number of ether oxygens (including phenoxy) is 2. The number of para-hydroxylation sites is 2. The predicted octanol–water partition coefficient (Wildman–Crippen LogP) is 4.97. The molecule has 1 fully saturated rings. The van der Waals surface area contributed by atoms with Crippen LogP contribution in [0.25, 0.3) is 6.08 Å². The first-order valence-electron chi connectivity index (χ1n) is 9.41. The molecule has 0 bridgehead atoms. The van der Waals surface area contributed by atoms with Crippen LogP contribution in [0.3, 0.4) is 0 Å². The normalized spacial score (nSPS) is 14.4. The number of hydrogen-bond acceptors (Lipinski definition) is 6. The molecule has 1 aliphatic rings. The zero-order valence-corrected chi connectivity index (χ0v) is 17.9. The molecule has 0 radical (unpaired) electrons. The highest BCUT2D eigenvalue weighted by molar-refractivity contribution is 8.26. The summed E-state index contributed by atoms with van der Waals surface area (Å²) >= 11 is 6.26. The van der Waals surface area contributed by atoms with Crippen LogP contribution in [0.4, 0.5) is 0 Å². The van der Waals surface area contributed by atoms with E-state index in [1.807, 2.05) is 36.4 Å². The molecule has 4 rings (SSSR count). The SMILES string of the molecule is O=C1NC(=S)SC1=Cc1cccc(COc2ccccc2OC(=O)c2ccccc2)c1. The second-order valence-corrected chi connectivity index (χ2v) is 8.31. The van der Waals surface area contributed by atoms with Crippen LogP contribution >= 0.6 is 24.0 Å². The third-order valence-corrected chi connectivity index (χ3v) is 5.51. The van der Waals surface area contributed by atoms with Gasteiger partial charge in [-0.1, -0.05) is 72.5 Å². The van der Waals surface area contributed by atoms with E-state index in [-0.39, 0.29) is 12.5 Å². The summed E-state index contributed by atoms with van der Waals surface area (Å²) in [5.41, 5.74) is 2.24. The molecule has 3 aromatic rings. The molecule has 0 unspecified atom stereocenters. The number of nitrogens with one attached hydrogen (secondary N) is 1. The van der Waals surface area contributed by atoms with E-state index in [0.29, 0.717) is 26.3 Å². The maximum atomic E-state index is 12.4. The predicted molar refractivity (Wildman–Crippen MR) is 125 cm³/mol. The van der Waals surface area contributed by atoms with Gasteiger partial charge in [0.1, 0.15) is 10.9 Å². The average molecular weight is 448 g/mol. The van der Waals surface area contributed by atoms with Gasteiger partial charge in [-0.05, 0) is 47.5 Å². The lowest BCUT2D eigenvalue weighted by atomic mass is 10.1. The molecule has 0 atom stereocenters. The topological polar surface area (TPSA) is 64.6 Å². The molecule has 0 aliphatic carbocycles. The largest absolute Gasteiger partial charge is 0.485 e. The number of carbonyl (C=O) groups excluding carboxylic acids is 2. The number of hydrogen-bond donors (Lipinski definition) is 1. The lowest BCUT2D eigenvalue weighted by Crippen LogP contribution is -2.17. The summed E-state index contributed by atoms with van der Waals surface area (Å²) in [7, 11) is 0. The van der Waals surface area contributed by atoms with Gasteiger partial charge in [0.2, 0.25) is 0 Å². The quantitative estimate of drug-likeness (QED) is 0.249. The maximum Gasteiger partial charge on any atom is 0.343 e. The lowest BCUT2D eigenvalue weighted by molar-refractivity contribution is -0.115. The van der Waals surface area contributed by atoms with Crippen molar-refractivity contribution in [1.82, 2.24) is 5.32 Å². The molecule has 0 aromatic heterocycles. The first kappa shape index (κ1) is 20.8. The van der Waals surface area contributed by atoms with Crippen LogP contribution in [-0.2, 0) is 11.4 Å². The summed E-state index contributed by atoms with van der Waals surface area (Å²) in [5, 5.41) is 2.60. The van der Waals surface area contributed by atoms with Crippen molar-refractivity contribution < 1.29 is 19.1 Å². The molecule has 3 aromatic carbocycles. The van der Waals surface area contributed by atoms with Gasteiger partial charge < -0.3 is 14.8 Å². The Morgan fingerprint density at radius 1 is 0.968 bits per heavy atom. The van der Waals surface area contributed by atoms with Gasteiger partial charge >= 0.3 is 5.97 Å². The third-order valence-electron chi connectivity index (χ3n) is 4.35. The van der Waals surface area contributed by atoms with Crippen molar-refractivity contribution in [3.63, 3.8) is 0 Å². The molecule has 31 heavy (non-hydrogen) atoms. The molecule has 1 aliphatic heterocycles. The average Bonchev–Trinajstić information content (AvgIpc) is 3.10. The fraction of sp³-hybridized carbons (Fsp3) is 0.0417. The van der Waals surface area contributed by atoms with Gasteiger partial charge in [0.15, 0.2) is 11.5 Å². The molecule has 1 saturated heterocycles. The number of thiocarbonyl (C=S) groups is 1. The fourth-order valence-corrected chi connectivity index (χ4v) is 3.94. The van der Waals surface area contributed by atoms with Crippen LogP contribution in [0, 0.1) is 0 Å². The number of benzene rings is 3.